The monoisotopic (exact) mass is 424 g/mol. The van der Waals surface area contributed by atoms with Crippen LogP contribution in [0, 0.1) is 11.8 Å². The SMILES string of the molecule is CC1=C(N2CCC3C[C@@H](NCc4ccc(N=CN=NN)cc4)CC[C@H]3C2=O)COC1=O. The lowest BCUT2D eigenvalue weighted by Crippen LogP contribution is -2.50. The number of piperidine rings is 1. The van der Waals surface area contributed by atoms with Crippen LogP contribution in [0.2, 0.25) is 0 Å². The highest BCUT2D eigenvalue weighted by atomic mass is 16.5. The van der Waals surface area contributed by atoms with Crippen LogP contribution in [-0.4, -0.2) is 42.3 Å². The number of ether oxygens (including phenoxy) is 1. The third kappa shape index (κ3) is 4.66. The quantitative estimate of drug-likeness (QED) is 0.182. The molecule has 0 bridgehead atoms. The molecule has 9 heteroatoms. The third-order valence-electron chi connectivity index (χ3n) is 6.55. The van der Waals surface area contributed by atoms with Crippen molar-refractivity contribution in [1.29, 1.82) is 0 Å². The Morgan fingerprint density at radius 2 is 2.03 bits per heavy atom. The Hall–Kier alpha value is -3.07. The highest BCUT2D eigenvalue weighted by molar-refractivity contribution is 5.93. The summed E-state index contributed by atoms with van der Waals surface area (Å²) in [6, 6.07) is 8.33. The maximum atomic E-state index is 13.1. The van der Waals surface area contributed by atoms with Gasteiger partial charge in [-0.25, -0.2) is 9.79 Å². The number of hydrogen-bond donors (Lipinski definition) is 2. The standard InChI is InChI=1S/C22H28N6O3/c1-14-20(12-31-22(14)30)28-9-8-16-10-18(6-7-19(16)21(28)29)24-11-15-2-4-17(5-3-15)25-13-26-27-23/h2-5,13,16,18-19,24H,6-12H2,1H3,(H2,23,25,26)/t16?,18-,19+/m0/s1. The zero-order chi connectivity index (χ0) is 21.8. The first-order valence-electron chi connectivity index (χ1n) is 10.7. The number of carbonyl (C=O) groups excluding carboxylic acids is 2. The molecule has 2 aliphatic heterocycles. The zero-order valence-corrected chi connectivity index (χ0v) is 17.7. The van der Waals surface area contributed by atoms with Crippen LogP contribution >= 0.6 is 0 Å². The largest absolute Gasteiger partial charge is 0.456 e. The Morgan fingerprint density at radius 1 is 1.23 bits per heavy atom. The second-order valence-electron chi connectivity index (χ2n) is 8.33. The normalized spacial score (nSPS) is 26.7. The fraction of sp³-hybridized carbons (Fsp3) is 0.500. The Balaban J connectivity index is 1.29. The molecule has 164 valence electrons. The van der Waals surface area contributed by atoms with E-state index >= 15 is 0 Å². The van der Waals surface area contributed by atoms with Crippen LogP contribution in [-0.2, 0) is 20.9 Å². The van der Waals surface area contributed by atoms with Gasteiger partial charge in [0, 0.05) is 25.0 Å². The Morgan fingerprint density at radius 3 is 2.74 bits per heavy atom. The third-order valence-corrected chi connectivity index (χ3v) is 6.55. The molecule has 3 N–H and O–H groups in total. The molecule has 9 nitrogen and oxygen atoms in total. The van der Waals surface area contributed by atoms with E-state index in [9.17, 15) is 9.59 Å². The maximum Gasteiger partial charge on any atom is 0.336 e. The van der Waals surface area contributed by atoms with Gasteiger partial charge in [0.05, 0.1) is 17.0 Å². The van der Waals surface area contributed by atoms with Crippen LogP contribution in [0.3, 0.4) is 0 Å². The van der Waals surface area contributed by atoms with E-state index in [2.05, 4.69) is 20.6 Å². The number of nitrogens with two attached hydrogens (primary N) is 1. The molecule has 1 aromatic rings. The number of cyclic esters (lactones) is 1. The number of carbonyl (C=O) groups is 2. The van der Waals surface area contributed by atoms with Gasteiger partial charge in [-0.1, -0.05) is 17.4 Å². The maximum absolute atomic E-state index is 13.1. The molecule has 3 aliphatic rings. The van der Waals surface area contributed by atoms with Crippen molar-refractivity contribution in [2.75, 3.05) is 13.2 Å². The fourth-order valence-corrected chi connectivity index (χ4v) is 4.80. The van der Waals surface area contributed by atoms with Gasteiger partial charge in [-0.2, -0.15) is 0 Å². The van der Waals surface area contributed by atoms with Crippen LogP contribution < -0.4 is 11.2 Å². The van der Waals surface area contributed by atoms with Crippen LogP contribution in [0.25, 0.3) is 0 Å². The molecule has 0 spiro atoms. The van der Waals surface area contributed by atoms with Gasteiger partial charge >= 0.3 is 5.97 Å². The second-order valence-corrected chi connectivity index (χ2v) is 8.33. The average molecular weight is 425 g/mol. The summed E-state index contributed by atoms with van der Waals surface area (Å²) in [5.41, 5.74) is 3.30. The highest BCUT2D eigenvalue weighted by Gasteiger charge is 2.42. The number of rotatable bonds is 6. The van der Waals surface area contributed by atoms with Gasteiger partial charge in [-0.15, -0.1) is 5.11 Å². The summed E-state index contributed by atoms with van der Waals surface area (Å²) in [7, 11) is 0. The van der Waals surface area contributed by atoms with Gasteiger partial charge in [-0.3, -0.25) is 4.79 Å². The Bertz CT molecular complexity index is 924. The van der Waals surface area contributed by atoms with E-state index in [4.69, 9.17) is 10.6 Å². The van der Waals surface area contributed by atoms with Gasteiger partial charge in [-0.05, 0) is 56.2 Å². The van der Waals surface area contributed by atoms with Crippen molar-refractivity contribution in [2.24, 2.45) is 33.0 Å². The first-order valence-corrected chi connectivity index (χ1v) is 10.7. The van der Waals surface area contributed by atoms with Crippen molar-refractivity contribution in [3.63, 3.8) is 0 Å². The summed E-state index contributed by atoms with van der Waals surface area (Å²) < 4.78 is 5.10. The van der Waals surface area contributed by atoms with Crippen LogP contribution in [0.15, 0.2) is 50.9 Å². The van der Waals surface area contributed by atoms with E-state index in [1.165, 1.54) is 11.9 Å². The summed E-state index contributed by atoms with van der Waals surface area (Å²) >= 11 is 0. The molecule has 1 saturated heterocycles. The number of likely N-dealkylation sites (tertiary alicyclic amines) is 1. The average Bonchev–Trinajstić information content (AvgIpc) is 3.12. The molecule has 1 saturated carbocycles. The molecule has 1 amide bonds. The number of nitrogens with one attached hydrogen (secondary N) is 1. The number of esters is 1. The van der Waals surface area contributed by atoms with Crippen molar-refractivity contribution in [2.45, 2.75) is 45.2 Å². The lowest BCUT2D eigenvalue weighted by atomic mass is 9.72. The van der Waals surface area contributed by atoms with Gasteiger partial charge in [0.2, 0.25) is 5.91 Å². The van der Waals surface area contributed by atoms with Crippen molar-refractivity contribution < 1.29 is 14.3 Å². The molecule has 1 aliphatic carbocycles. The number of benzene rings is 1. The molecular weight excluding hydrogens is 396 g/mol. The molecule has 0 radical (unpaired) electrons. The summed E-state index contributed by atoms with van der Waals surface area (Å²) in [6.45, 7) is 3.41. The van der Waals surface area contributed by atoms with Gasteiger partial charge in [0.25, 0.3) is 0 Å². The smallest absolute Gasteiger partial charge is 0.336 e. The number of aliphatic imine (C=N–C) groups is 1. The molecule has 3 atom stereocenters. The molecule has 1 unspecified atom stereocenters. The molecule has 31 heavy (non-hydrogen) atoms. The van der Waals surface area contributed by atoms with Crippen molar-refractivity contribution in [1.82, 2.24) is 10.2 Å². The summed E-state index contributed by atoms with van der Waals surface area (Å²) in [5, 5.41) is 10.3. The number of nitrogens with zero attached hydrogens (tertiary/aromatic N) is 4. The minimum Gasteiger partial charge on any atom is -0.456 e. The first kappa shape index (κ1) is 21.2. The van der Waals surface area contributed by atoms with Crippen molar-refractivity contribution in [3.8, 4) is 0 Å². The predicted octanol–water partition coefficient (Wildman–Crippen LogP) is 2.61. The summed E-state index contributed by atoms with van der Waals surface area (Å²) in [6.07, 6.45) is 5.13. The zero-order valence-electron chi connectivity index (χ0n) is 17.7. The lowest BCUT2D eigenvalue weighted by Gasteiger charge is -2.43. The Labute approximate surface area is 181 Å². The molecular formula is C22H28N6O3. The topological polar surface area (TPSA) is 122 Å². The molecule has 2 heterocycles. The van der Waals surface area contributed by atoms with Crippen molar-refractivity contribution >= 4 is 23.9 Å². The minimum absolute atomic E-state index is 0.0469. The first-order chi connectivity index (χ1) is 15.1. The van der Waals surface area contributed by atoms with E-state index in [1.807, 2.05) is 24.3 Å². The van der Waals surface area contributed by atoms with Gasteiger partial charge < -0.3 is 20.8 Å². The highest BCUT2D eigenvalue weighted by Crippen LogP contribution is 2.39. The predicted molar refractivity (Wildman–Crippen MR) is 115 cm³/mol. The van der Waals surface area contributed by atoms with E-state index in [-0.39, 0.29) is 24.4 Å². The second kappa shape index (κ2) is 9.38. The van der Waals surface area contributed by atoms with E-state index in [0.29, 0.717) is 24.1 Å². The Kier molecular flexibility index (Phi) is 6.41. The molecule has 0 aromatic heterocycles. The number of hydrogen-bond acceptors (Lipinski definition) is 6. The molecule has 4 rings (SSSR count). The fourth-order valence-electron chi connectivity index (χ4n) is 4.80. The number of fused-ring (bicyclic) bond motifs is 1. The summed E-state index contributed by atoms with van der Waals surface area (Å²) in [4.78, 5) is 30.7. The van der Waals surface area contributed by atoms with Crippen molar-refractivity contribution in [3.05, 3.63) is 41.1 Å². The van der Waals surface area contributed by atoms with Gasteiger partial charge in [0.15, 0.2) is 0 Å². The van der Waals surface area contributed by atoms with Crippen LogP contribution in [0.1, 0.15) is 38.2 Å². The number of amides is 1. The van der Waals surface area contributed by atoms with E-state index in [1.54, 1.807) is 11.8 Å². The molecule has 1 aromatic carbocycles. The van der Waals surface area contributed by atoms with E-state index < -0.39 is 0 Å². The minimum atomic E-state index is -0.307. The van der Waals surface area contributed by atoms with E-state index in [0.717, 1.165) is 43.6 Å². The molecule has 2 fully saturated rings. The van der Waals surface area contributed by atoms with Crippen LogP contribution in [0.4, 0.5) is 5.69 Å². The van der Waals surface area contributed by atoms with Crippen LogP contribution in [0.5, 0.6) is 0 Å². The lowest BCUT2D eigenvalue weighted by molar-refractivity contribution is -0.142. The summed E-state index contributed by atoms with van der Waals surface area (Å²) in [5.74, 6) is 5.23. The van der Waals surface area contributed by atoms with Gasteiger partial charge in [0.1, 0.15) is 12.9 Å².